The second-order valence-corrected chi connectivity index (χ2v) is 7.22. The van der Waals surface area contributed by atoms with E-state index in [0.29, 0.717) is 0 Å². The number of fused-ring (bicyclic) bond motifs is 1. The van der Waals surface area contributed by atoms with Crippen LogP contribution in [0.1, 0.15) is 50.2 Å². The number of rotatable bonds is 7. The maximum atomic E-state index is 6.05. The monoisotopic (exact) mass is 316 g/mol. The maximum absolute atomic E-state index is 6.05. The van der Waals surface area contributed by atoms with E-state index < -0.39 is 0 Å². The molecule has 1 aromatic carbocycles. The van der Waals surface area contributed by atoms with Gasteiger partial charge in [-0.25, -0.2) is 0 Å². The summed E-state index contributed by atoms with van der Waals surface area (Å²) >= 11 is 0. The van der Waals surface area contributed by atoms with E-state index >= 15 is 0 Å². The third-order valence-corrected chi connectivity index (χ3v) is 5.49. The quantitative estimate of drug-likeness (QED) is 0.763. The Morgan fingerprint density at radius 1 is 1.22 bits per heavy atom. The molecule has 2 aliphatic heterocycles. The molecule has 0 saturated carbocycles. The van der Waals surface area contributed by atoms with Gasteiger partial charge in [-0.15, -0.1) is 0 Å². The van der Waals surface area contributed by atoms with Crippen molar-refractivity contribution < 1.29 is 4.74 Å². The summed E-state index contributed by atoms with van der Waals surface area (Å²) in [4.78, 5) is 5.06. The summed E-state index contributed by atoms with van der Waals surface area (Å²) in [6, 6.07) is 7.45. The molecule has 3 nitrogen and oxygen atoms in total. The van der Waals surface area contributed by atoms with Crippen LogP contribution < -0.4 is 4.74 Å². The van der Waals surface area contributed by atoms with Crippen LogP contribution in [0.2, 0.25) is 0 Å². The molecule has 0 N–H and O–H groups in total. The van der Waals surface area contributed by atoms with Gasteiger partial charge in [-0.2, -0.15) is 0 Å². The highest BCUT2D eigenvalue weighted by molar-refractivity contribution is 5.37. The zero-order valence-corrected chi connectivity index (χ0v) is 14.9. The van der Waals surface area contributed by atoms with E-state index in [-0.39, 0.29) is 0 Å². The van der Waals surface area contributed by atoms with Crippen LogP contribution in [0.5, 0.6) is 5.75 Å². The smallest absolute Gasteiger partial charge is 0.119 e. The number of hydrogen-bond donors (Lipinski definition) is 0. The van der Waals surface area contributed by atoms with Crippen molar-refractivity contribution >= 4 is 0 Å². The average molecular weight is 316 g/mol. The van der Waals surface area contributed by atoms with Crippen LogP contribution in [-0.4, -0.2) is 49.1 Å². The van der Waals surface area contributed by atoms with Crippen LogP contribution in [0.15, 0.2) is 18.2 Å². The fraction of sp³-hybridized carbons (Fsp3) is 0.700. The highest BCUT2D eigenvalue weighted by Crippen LogP contribution is 2.25. The molecule has 1 unspecified atom stereocenters. The standard InChI is InChI=1S/C20H32N2O/c1-3-4-12-22-13-9-17-7-8-20(15-18(17)16-22)23-14-10-19-6-5-11-21(19)2/h7-8,15,19H,3-6,9-14,16H2,1-2H3. The van der Waals surface area contributed by atoms with Gasteiger partial charge in [0.2, 0.25) is 0 Å². The number of nitrogens with zero attached hydrogens (tertiary/aromatic N) is 2. The molecular formula is C20H32N2O. The highest BCUT2D eigenvalue weighted by atomic mass is 16.5. The highest BCUT2D eigenvalue weighted by Gasteiger charge is 2.20. The second kappa shape index (κ2) is 8.16. The largest absolute Gasteiger partial charge is 0.494 e. The molecule has 0 spiro atoms. The van der Waals surface area contributed by atoms with Gasteiger partial charge >= 0.3 is 0 Å². The van der Waals surface area contributed by atoms with E-state index in [1.165, 1.54) is 62.9 Å². The van der Waals surface area contributed by atoms with Gasteiger partial charge in [-0.05, 0) is 75.5 Å². The third-order valence-electron chi connectivity index (χ3n) is 5.49. The Hall–Kier alpha value is -1.06. The first-order chi connectivity index (χ1) is 11.3. The van der Waals surface area contributed by atoms with Crippen molar-refractivity contribution in [3.63, 3.8) is 0 Å². The third kappa shape index (κ3) is 4.48. The SMILES string of the molecule is CCCCN1CCc2ccc(OCCC3CCCN3C)cc2C1. The van der Waals surface area contributed by atoms with Gasteiger partial charge in [0, 0.05) is 19.1 Å². The molecule has 0 aromatic heterocycles. The van der Waals surface area contributed by atoms with Gasteiger partial charge in [0.1, 0.15) is 5.75 Å². The molecule has 2 aliphatic rings. The normalized spacial score (nSPS) is 22.3. The second-order valence-electron chi connectivity index (χ2n) is 7.22. The summed E-state index contributed by atoms with van der Waals surface area (Å²) < 4.78 is 6.05. The molecule has 1 fully saturated rings. The molecule has 2 heterocycles. The van der Waals surface area contributed by atoms with Gasteiger partial charge < -0.3 is 9.64 Å². The van der Waals surface area contributed by atoms with E-state index in [1.807, 2.05) is 0 Å². The van der Waals surface area contributed by atoms with E-state index in [0.717, 1.165) is 31.4 Å². The molecule has 1 aromatic rings. The first kappa shape index (κ1) is 16.8. The van der Waals surface area contributed by atoms with E-state index in [4.69, 9.17) is 4.74 Å². The van der Waals surface area contributed by atoms with Crippen molar-refractivity contribution in [1.82, 2.24) is 9.80 Å². The minimum absolute atomic E-state index is 0.720. The van der Waals surface area contributed by atoms with Crippen molar-refractivity contribution in [1.29, 1.82) is 0 Å². The zero-order valence-electron chi connectivity index (χ0n) is 14.9. The first-order valence-corrected chi connectivity index (χ1v) is 9.43. The molecule has 3 rings (SSSR count). The number of likely N-dealkylation sites (tertiary alicyclic amines) is 1. The van der Waals surface area contributed by atoms with Gasteiger partial charge in [0.15, 0.2) is 0 Å². The fourth-order valence-corrected chi connectivity index (χ4v) is 3.91. The molecule has 23 heavy (non-hydrogen) atoms. The molecule has 3 heteroatoms. The lowest BCUT2D eigenvalue weighted by atomic mass is 9.99. The Kier molecular flexibility index (Phi) is 5.96. The number of unbranched alkanes of at least 4 members (excludes halogenated alkanes) is 1. The molecule has 0 radical (unpaired) electrons. The Labute approximate surface area is 141 Å². The van der Waals surface area contributed by atoms with Gasteiger partial charge in [-0.3, -0.25) is 4.90 Å². The average Bonchev–Trinajstić information content (AvgIpc) is 2.98. The van der Waals surface area contributed by atoms with Crippen LogP contribution in [-0.2, 0) is 13.0 Å². The van der Waals surface area contributed by atoms with Crippen molar-refractivity contribution in [3.8, 4) is 5.75 Å². The van der Waals surface area contributed by atoms with Crippen molar-refractivity contribution in [2.24, 2.45) is 0 Å². The van der Waals surface area contributed by atoms with Crippen molar-refractivity contribution in [3.05, 3.63) is 29.3 Å². The summed E-state index contributed by atoms with van der Waals surface area (Å²) in [6.07, 6.45) is 7.59. The van der Waals surface area contributed by atoms with Crippen LogP contribution in [0.3, 0.4) is 0 Å². The van der Waals surface area contributed by atoms with Gasteiger partial charge in [0.25, 0.3) is 0 Å². The summed E-state index contributed by atoms with van der Waals surface area (Å²) in [5, 5.41) is 0. The van der Waals surface area contributed by atoms with Gasteiger partial charge in [-0.1, -0.05) is 19.4 Å². The van der Waals surface area contributed by atoms with Crippen LogP contribution in [0.25, 0.3) is 0 Å². The lowest BCUT2D eigenvalue weighted by Gasteiger charge is -2.29. The lowest BCUT2D eigenvalue weighted by Crippen LogP contribution is -2.31. The van der Waals surface area contributed by atoms with E-state index in [9.17, 15) is 0 Å². The lowest BCUT2D eigenvalue weighted by molar-refractivity contribution is 0.231. The van der Waals surface area contributed by atoms with Crippen molar-refractivity contribution in [2.45, 2.75) is 58.0 Å². The number of benzene rings is 1. The Morgan fingerprint density at radius 2 is 2.13 bits per heavy atom. The van der Waals surface area contributed by atoms with E-state index in [1.54, 1.807) is 0 Å². The summed E-state index contributed by atoms with van der Waals surface area (Å²) in [6.45, 7) is 7.89. The predicted molar refractivity (Wildman–Crippen MR) is 96.1 cm³/mol. The minimum atomic E-state index is 0.720. The van der Waals surface area contributed by atoms with Gasteiger partial charge in [0.05, 0.1) is 6.61 Å². The first-order valence-electron chi connectivity index (χ1n) is 9.43. The molecule has 0 amide bonds. The maximum Gasteiger partial charge on any atom is 0.119 e. The van der Waals surface area contributed by atoms with Crippen molar-refractivity contribution in [2.75, 3.05) is 33.3 Å². The van der Waals surface area contributed by atoms with Crippen LogP contribution in [0.4, 0.5) is 0 Å². The summed E-state index contributed by atoms with van der Waals surface area (Å²) in [7, 11) is 2.24. The number of hydrogen-bond acceptors (Lipinski definition) is 3. The molecule has 1 saturated heterocycles. The minimum Gasteiger partial charge on any atom is -0.494 e. The zero-order chi connectivity index (χ0) is 16.1. The summed E-state index contributed by atoms with van der Waals surface area (Å²) in [5.74, 6) is 1.06. The molecule has 0 bridgehead atoms. The topological polar surface area (TPSA) is 15.7 Å². The fourth-order valence-electron chi connectivity index (χ4n) is 3.91. The summed E-state index contributed by atoms with van der Waals surface area (Å²) in [5.41, 5.74) is 2.99. The Morgan fingerprint density at radius 3 is 2.91 bits per heavy atom. The van der Waals surface area contributed by atoms with Crippen LogP contribution >= 0.6 is 0 Å². The molecule has 1 atom stereocenters. The predicted octanol–water partition coefficient (Wildman–Crippen LogP) is 3.71. The van der Waals surface area contributed by atoms with Crippen LogP contribution in [0, 0.1) is 0 Å². The van der Waals surface area contributed by atoms with E-state index in [2.05, 4.69) is 42.0 Å². The molecular weight excluding hydrogens is 284 g/mol. The Bertz CT molecular complexity index is 502. The number of ether oxygens (including phenoxy) is 1. The Balaban J connectivity index is 1.51. The molecule has 128 valence electrons. The molecule has 0 aliphatic carbocycles.